The van der Waals surface area contributed by atoms with Crippen molar-refractivity contribution in [3.8, 4) is 0 Å². The van der Waals surface area contributed by atoms with Crippen LogP contribution in [0.5, 0.6) is 0 Å². The molecule has 202 valence electrons. The van der Waals surface area contributed by atoms with Crippen LogP contribution in [0.4, 0.5) is 14.6 Å². The highest BCUT2D eigenvalue weighted by atomic mass is 32.2. The van der Waals surface area contributed by atoms with Crippen molar-refractivity contribution >= 4 is 28.7 Å². The Hall–Kier alpha value is -2.45. The summed E-state index contributed by atoms with van der Waals surface area (Å²) in [6.07, 6.45) is -1.04. The van der Waals surface area contributed by atoms with Crippen molar-refractivity contribution in [1.29, 1.82) is 0 Å². The lowest BCUT2D eigenvalue weighted by Crippen LogP contribution is -2.33. The molecule has 37 heavy (non-hydrogen) atoms. The van der Waals surface area contributed by atoms with Crippen molar-refractivity contribution in [3.63, 3.8) is 0 Å². The summed E-state index contributed by atoms with van der Waals surface area (Å²) < 4.78 is 34.0. The standard InChI is InChI=1S/C23H28F2N6O4S.CH4/c1-2-7-36-23-27-21(26-15-9-12(15)11-3-4-13(24)14(25)8-11)18-22(28-23)31(30-29-18)16-10-17(35-6-5-32)20(34)19(16)33;/h3-4,8,12,15-17,19-20,32-34H,2,5-7,9-10H2,1H3,(H,26,27,28);1H4/t12-,15+,16?,17-,19?,20+;/m0./s1. The van der Waals surface area contributed by atoms with Crippen molar-refractivity contribution in [2.75, 3.05) is 24.3 Å². The van der Waals surface area contributed by atoms with Gasteiger partial charge in [0, 0.05) is 24.1 Å². The van der Waals surface area contributed by atoms with Crippen molar-refractivity contribution in [1.82, 2.24) is 25.0 Å². The van der Waals surface area contributed by atoms with Crippen LogP contribution in [0, 0.1) is 11.6 Å². The number of fused-ring (bicyclic) bond motifs is 1. The number of aliphatic hydroxyl groups excluding tert-OH is 3. The maximum absolute atomic E-state index is 13.7. The molecule has 2 fully saturated rings. The Morgan fingerprint density at radius 2 is 1.97 bits per heavy atom. The van der Waals surface area contributed by atoms with Crippen LogP contribution < -0.4 is 5.32 Å². The minimum atomic E-state index is -1.15. The lowest BCUT2D eigenvalue weighted by atomic mass is 10.1. The molecule has 2 saturated carbocycles. The van der Waals surface area contributed by atoms with Gasteiger partial charge in [0.2, 0.25) is 0 Å². The molecule has 2 aliphatic carbocycles. The highest BCUT2D eigenvalue weighted by Gasteiger charge is 2.45. The maximum atomic E-state index is 13.7. The van der Waals surface area contributed by atoms with E-state index in [4.69, 9.17) is 9.84 Å². The zero-order valence-corrected chi connectivity index (χ0v) is 20.4. The fourth-order valence-corrected chi connectivity index (χ4v) is 5.31. The SMILES string of the molecule is C.CCCSc1nc(N[C@@H]2C[C@H]2c2ccc(F)c(F)c2)c2nnn(C3C[C@H](OCCO)[C@@H](O)C3O)c2n1. The van der Waals surface area contributed by atoms with Gasteiger partial charge in [-0.1, -0.05) is 37.4 Å². The number of aliphatic hydroxyl groups is 3. The molecule has 1 aromatic carbocycles. The average molecular weight is 539 g/mol. The Kier molecular flexibility index (Phi) is 8.59. The number of hydrogen-bond acceptors (Lipinski definition) is 10. The molecule has 0 amide bonds. The number of aromatic nitrogens is 5. The molecule has 2 heterocycles. The van der Waals surface area contributed by atoms with Gasteiger partial charge in [-0.05, 0) is 30.5 Å². The molecule has 2 aromatic heterocycles. The molecule has 5 rings (SSSR count). The Balaban J connectivity index is 0.00000320. The van der Waals surface area contributed by atoms with Crippen LogP contribution in [0.15, 0.2) is 23.4 Å². The van der Waals surface area contributed by atoms with Gasteiger partial charge < -0.3 is 25.4 Å². The largest absolute Gasteiger partial charge is 0.394 e. The molecule has 0 spiro atoms. The van der Waals surface area contributed by atoms with Crippen LogP contribution in [0.3, 0.4) is 0 Å². The van der Waals surface area contributed by atoms with Crippen molar-refractivity contribution in [2.24, 2.45) is 0 Å². The van der Waals surface area contributed by atoms with E-state index < -0.39 is 36.0 Å². The zero-order valence-electron chi connectivity index (χ0n) is 19.6. The van der Waals surface area contributed by atoms with Gasteiger partial charge in [-0.3, -0.25) is 0 Å². The first-order valence-corrected chi connectivity index (χ1v) is 13.0. The Morgan fingerprint density at radius 1 is 1.16 bits per heavy atom. The van der Waals surface area contributed by atoms with Crippen LogP contribution in [0.1, 0.15) is 51.1 Å². The van der Waals surface area contributed by atoms with Crippen molar-refractivity contribution in [2.45, 2.75) is 75.1 Å². The predicted octanol–water partition coefficient (Wildman–Crippen LogP) is 2.65. The third-order valence-electron chi connectivity index (χ3n) is 6.56. The Morgan fingerprint density at radius 3 is 2.70 bits per heavy atom. The fraction of sp³-hybridized carbons (Fsp3) is 0.583. The van der Waals surface area contributed by atoms with Gasteiger partial charge in [0.15, 0.2) is 33.8 Å². The number of thioether (sulfide) groups is 1. The van der Waals surface area contributed by atoms with E-state index in [9.17, 15) is 19.0 Å². The first-order valence-electron chi connectivity index (χ1n) is 12.0. The minimum absolute atomic E-state index is 0. The summed E-state index contributed by atoms with van der Waals surface area (Å²) >= 11 is 1.48. The molecule has 0 aliphatic heterocycles. The summed E-state index contributed by atoms with van der Waals surface area (Å²) in [5.41, 5.74) is 1.53. The Bertz CT molecular complexity index is 1230. The van der Waals surface area contributed by atoms with Gasteiger partial charge in [-0.25, -0.2) is 23.4 Å². The van der Waals surface area contributed by atoms with E-state index in [1.165, 1.54) is 22.5 Å². The van der Waals surface area contributed by atoms with Gasteiger partial charge >= 0.3 is 0 Å². The molecule has 10 nitrogen and oxygen atoms in total. The van der Waals surface area contributed by atoms with Crippen LogP contribution in [0.2, 0.25) is 0 Å². The first kappa shape index (κ1) is 27.6. The second kappa shape index (κ2) is 11.5. The lowest BCUT2D eigenvalue weighted by Gasteiger charge is -2.17. The van der Waals surface area contributed by atoms with E-state index in [1.54, 1.807) is 6.07 Å². The maximum Gasteiger partial charge on any atom is 0.191 e. The smallest absolute Gasteiger partial charge is 0.191 e. The van der Waals surface area contributed by atoms with Gasteiger partial charge in [0.05, 0.1) is 25.4 Å². The molecule has 6 atom stereocenters. The van der Waals surface area contributed by atoms with Crippen LogP contribution in [-0.2, 0) is 4.74 Å². The van der Waals surface area contributed by atoms with E-state index in [1.807, 2.05) is 0 Å². The third kappa shape index (κ3) is 5.55. The summed E-state index contributed by atoms with van der Waals surface area (Å²) in [6, 6.07) is 3.26. The van der Waals surface area contributed by atoms with Crippen molar-refractivity contribution in [3.05, 3.63) is 35.4 Å². The third-order valence-corrected chi connectivity index (χ3v) is 7.61. The summed E-state index contributed by atoms with van der Waals surface area (Å²) in [5, 5.41) is 42.5. The van der Waals surface area contributed by atoms with Gasteiger partial charge in [0.1, 0.15) is 12.2 Å². The van der Waals surface area contributed by atoms with E-state index >= 15 is 0 Å². The van der Waals surface area contributed by atoms with Gasteiger partial charge in [-0.2, -0.15) is 0 Å². The molecule has 13 heteroatoms. The second-order valence-corrected chi connectivity index (χ2v) is 10.2. The fourth-order valence-electron chi connectivity index (χ4n) is 4.61. The number of nitrogens with zero attached hydrogens (tertiary/aromatic N) is 5. The minimum Gasteiger partial charge on any atom is -0.394 e. The molecular weight excluding hydrogens is 506 g/mol. The van der Waals surface area contributed by atoms with Crippen LogP contribution in [0.25, 0.3) is 11.2 Å². The molecule has 0 radical (unpaired) electrons. The van der Waals surface area contributed by atoms with E-state index in [-0.39, 0.29) is 39.0 Å². The summed E-state index contributed by atoms with van der Waals surface area (Å²) in [5.74, 6) is -0.472. The monoisotopic (exact) mass is 538 g/mol. The van der Waals surface area contributed by atoms with E-state index in [2.05, 4.69) is 32.5 Å². The highest BCUT2D eigenvalue weighted by Crippen LogP contribution is 2.44. The molecular formula is C24H32F2N6O4S. The lowest BCUT2D eigenvalue weighted by molar-refractivity contribution is -0.0629. The zero-order chi connectivity index (χ0) is 25.4. The number of anilines is 1. The van der Waals surface area contributed by atoms with E-state index in [0.717, 1.165) is 24.7 Å². The molecule has 3 aromatic rings. The van der Waals surface area contributed by atoms with Gasteiger partial charge in [-0.15, -0.1) is 5.10 Å². The molecule has 4 N–H and O–H groups in total. The molecule has 0 bridgehead atoms. The molecule has 2 aliphatic rings. The summed E-state index contributed by atoms with van der Waals surface area (Å²) in [7, 11) is 0. The van der Waals surface area contributed by atoms with Gasteiger partial charge in [0.25, 0.3) is 0 Å². The number of rotatable bonds is 10. The quantitative estimate of drug-likeness (QED) is 0.225. The van der Waals surface area contributed by atoms with Crippen LogP contribution >= 0.6 is 11.8 Å². The second-order valence-electron chi connectivity index (χ2n) is 9.09. The molecule has 0 saturated heterocycles. The highest BCUT2D eigenvalue weighted by molar-refractivity contribution is 7.99. The number of benzene rings is 1. The van der Waals surface area contributed by atoms with E-state index in [0.29, 0.717) is 27.7 Å². The van der Waals surface area contributed by atoms with Crippen LogP contribution in [-0.4, -0.2) is 83.6 Å². The molecule has 2 unspecified atom stereocenters. The summed E-state index contributed by atoms with van der Waals surface area (Å²) in [4.78, 5) is 9.27. The number of halogens is 2. The Labute approximate surface area is 217 Å². The predicted molar refractivity (Wildman–Crippen MR) is 134 cm³/mol. The normalized spacial score (nSPS) is 26.9. The number of nitrogens with one attached hydrogen (secondary N) is 1. The topological polar surface area (TPSA) is 138 Å². The average Bonchev–Trinajstić information content (AvgIpc) is 3.41. The number of hydrogen-bond donors (Lipinski definition) is 4. The first-order chi connectivity index (χ1) is 17.4. The number of ether oxygens (including phenoxy) is 1. The summed E-state index contributed by atoms with van der Waals surface area (Å²) in [6.45, 7) is 1.91. The van der Waals surface area contributed by atoms with Crippen molar-refractivity contribution < 1.29 is 28.8 Å².